The smallest absolute Gasteiger partial charge is 0.150 e. The molecular weight excluding hydrogens is 294 g/mol. The van der Waals surface area contributed by atoms with Gasteiger partial charge in [0.2, 0.25) is 0 Å². The van der Waals surface area contributed by atoms with Gasteiger partial charge in [0.1, 0.15) is 6.29 Å². The predicted molar refractivity (Wildman–Crippen MR) is 102 cm³/mol. The minimum Gasteiger partial charge on any atom is -0.298 e. The van der Waals surface area contributed by atoms with Gasteiger partial charge in [-0.25, -0.2) is 0 Å². The Kier molecular flexibility index (Phi) is 6.21. The molecule has 0 fully saturated rings. The van der Waals surface area contributed by atoms with Crippen LogP contribution < -0.4 is 0 Å². The number of allylic oxidation sites excluding steroid dienone is 6. The number of aromatic nitrogens is 1. The lowest BCUT2D eigenvalue weighted by atomic mass is 9.99. The molecule has 0 bridgehead atoms. The van der Waals surface area contributed by atoms with E-state index in [1.807, 2.05) is 67.8 Å². The Bertz CT molecular complexity index is 795. The molecule has 0 N–H and O–H groups in total. The van der Waals surface area contributed by atoms with Crippen molar-refractivity contribution in [1.82, 2.24) is 4.98 Å². The lowest BCUT2D eigenvalue weighted by Crippen LogP contribution is -1.93. The first-order valence-corrected chi connectivity index (χ1v) is 7.81. The third kappa shape index (κ3) is 4.75. The van der Waals surface area contributed by atoms with Crippen LogP contribution in [0.15, 0.2) is 80.1 Å². The summed E-state index contributed by atoms with van der Waals surface area (Å²) in [6.45, 7) is 10.1. The maximum absolute atomic E-state index is 10.9. The van der Waals surface area contributed by atoms with Crippen molar-refractivity contribution < 1.29 is 4.79 Å². The fourth-order valence-electron chi connectivity index (χ4n) is 2.29. The van der Waals surface area contributed by atoms with E-state index >= 15 is 0 Å². The van der Waals surface area contributed by atoms with Crippen molar-refractivity contribution in [3.8, 4) is 0 Å². The average Bonchev–Trinajstić information content (AvgIpc) is 2.62. The molecule has 2 heteroatoms. The lowest BCUT2D eigenvalue weighted by Gasteiger charge is -2.08. The summed E-state index contributed by atoms with van der Waals surface area (Å²) in [5.41, 5.74) is 5.40. The van der Waals surface area contributed by atoms with Gasteiger partial charge in [-0.05, 0) is 47.8 Å². The molecule has 2 aromatic rings. The number of carbonyl (C=O) groups excluding carboxylic acids is 1. The number of nitrogens with zero attached hydrogens (tertiary/aromatic N) is 1. The van der Waals surface area contributed by atoms with Gasteiger partial charge in [-0.2, -0.15) is 0 Å². The molecular formula is C22H21NO. The van der Waals surface area contributed by atoms with Crippen LogP contribution >= 0.6 is 0 Å². The van der Waals surface area contributed by atoms with E-state index in [1.165, 1.54) is 0 Å². The Morgan fingerprint density at radius 3 is 2.67 bits per heavy atom. The maximum Gasteiger partial charge on any atom is 0.150 e. The van der Waals surface area contributed by atoms with Gasteiger partial charge in [-0.1, -0.05) is 61.7 Å². The molecule has 1 aromatic carbocycles. The topological polar surface area (TPSA) is 30.0 Å². The molecule has 0 aliphatic heterocycles. The van der Waals surface area contributed by atoms with E-state index in [0.29, 0.717) is 12.0 Å². The van der Waals surface area contributed by atoms with Crippen molar-refractivity contribution >= 4 is 17.4 Å². The number of hydrogen-bond acceptors (Lipinski definition) is 2. The molecule has 2 nitrogen and oxygen atoms in total. The normalized spacial score (nSPS) is 11.0. The second-order valence-electron chi connectivity index (χ2n) is 5.49. The standard InChI is InChI=1S/C22H21NO/c1-4-5-6-8-17(2)22-12-11-21(15-23-22)18(3)13-19-9-7-10-20(14-19)16-24/h4-12,14-16H,2-3,13H2,1H3/b5-4-,8-6-. The highest BCUT2D eigenvalue weighted by molar-refractivity contribution is 5.76. The monoisotopic (exact) mass is 315 g/mol. The van der Waals surface area contributed by atoms with E-state index in [9.17, 15) is 4.79 Å². The largest absolute Gasteiger partial charge is 0.298 e. The van der Waals surface area contributed by atoms with E-state index in [-0.39, 0.29) is 0 Å². The first-order chi connectivity index (χ1) is 11.6. The molecule has 0 saturated heterocycles. The van der Waals surface area contributed by atoms with Crippen molar-refractivity contribution in [3.63, 3.8) is 0 Å². The van der Waals surface area contributed by atoms with Crippen molar-refractivity contribution in [3.05, 3.63) is 102 Å². The fourth-order valence-corrected chi connectivity index (χ4v) is 2.29. The molecule has 120 valence electrons. The summed E-state index contributed by atoms with van der Waals surface area (Å²) in [6, 6.07) is 11.5. The SMILES string of the molecule is C=C(Cc1cccc(C=O)c1)c1ccc(C(=C)/C=C\C=C/C)nc1. The zero-order valence-corrected chi connectivity index (χ0v) is 13.9. The molecule has 1 heterocycles. The van der Waals surface area contributed by atoms with Gasteiger partial charge in [0, 0.05) is 11.8 Å². The zero-order chi connectivity index (χ0) is 17.4. The van der Waals surface area contributed by atoms with Gasteiger partial charge in [0.05, 0.1) is 5.69 Å². The second-order valence-corrected chi connectivity index (χ2v) is 5.49. The van der Waals surface area contributed by atoms with Gasteiger partial charge in [0.15, 0.2) is 0 Å². The molecule has 0 unspecified atom stereocenters. The number of hydrogen-bond donors (Lipinski definition) is 0. The molecule has 1 aromatic heterocycles. The number of pyridine rings is 1. The van der Waals surface area contributed by atoms with Gasteiger partial charge in [-0.3, -0.25) is 9.78 Å². The second kappa shape index (κ2) is 8.59. The van der Waals surface area contributed by atoms with Crippen LogP contribution in [-0.4, -0.2) is 11.3 Å². The van der Waals surface area contributed by atoms with Crippen LogP contribution in [-0.2, 0) is 6.42 Å². The van der Waals surface area contributed by atoms with Gasteiger partial charge in [-0.15, -0.1) is 0 Å². The highest BCUT2D eigenvalue weighted by Gasteiger charge is 2.04. The van der Waals surface area contributed by atoms with E-state index in [1.54, 1.807) is 6.07 Å². The summed E-state index contributed by atoms with van der Waals surface area (Å²) >= 11 is 0. The maximum atomic E-state index is 10.9. The number of benzene rings is 1. The van der Waals surface area contributed by atoms with Crippen molar-refractivity contribution in [2.75, 3.05) is 0 Å². The summed E-state index contributed by atoms with van der Waals surface area (Å²) in [7, 11) is 0. The number of carbonyl (C=O) groups is 1. The number of aldehydes is 1. The van der Waals surface area contributed by atoms with Gasteiger partial charge in [0.25, 0.3) is 0 Å². The highest BCUT2D eigenvalue weighted by atomic mass is 16.1. The van der Waals surface area contributed by atoms with Crippen LogP contribution in [0.4, 0.5) is 0 Å². The summed E-state index contributed by atoms with van der Waals surface area (Å²) in [5, 5.41) is 0. The lowest BCUT2D eigenvalue weighted by molar-refractivity contribution is 0.112. The number of rotatable bonds is 7. The Balaban J connectivity index is 2.08. The quantitative estimate of drug-likeness (QED) is 0.513. The van der Waals surface area contributed by atoms with Crippen LogP contribution in [0.1, 0.15) is 34.1 Å². The summed E-state index contributed by atoms with van der Waals surface area (Å²) in [6.07, 6.45) is 11.1. The third-order valence-electron chi connectivity index (χ3n) is 3.61. The molecule has 0 saturated carbocycles. The molecule has 2 rings (SSSR count). The van der Waals surface area contributed by atoms with E-state index < -0.39 is 0 Å². The molecule has 0 atom stereocenters. The first-order valence-electron chi connectivity index (χ1n) is 7.81. The molecule has 0 aliphatic carbocycles. The minimum atomic E-state index is 0.679. The van der Waals surface area contributed by atoms with Crippen molar-refractivity contribution in [2.24, 2.45) is 0 Å². The van der Waals surface area contributed by atoms with Crippen LogP contribution in [0.25, 0.3) is 11.1 Å². The van der Waals surface area contributed by atoms with Crippen molar-refractivity contribution in [1.29, 1.82) is 0 Å². The summed E-state index contributed by atoms with van der Waals surface area (Å²) in [4.78, 5) is 15.3. The van der Waals surface area contributed by atoms with Gasteiger partial charge >= 0.3 is 0 Å². The summed E-state index contributed by atoms with van der Waals surface area (Å²) in [5.74, 6) is 0. The van der Waals surface area contributed by atoms with E-state index in [2.05, 4.69) is 18.1 Å². The van der Waals surface area contributed by atoms with Crippen LogP contribution in [0.2, 0.25) is 0 Å². The zero-order valence-electron chi connectivity index (χ0n) is 13.9. The Morgan fingerprint density at radius 1 is 1.17 bits per heavy atom. The average molecular weight is 315 g/mol. The molecule has 0 spiro atoms. The fraction of sp³-hybridized carbons (Fsp3) is 0.0909. The molecule has 0 radical (unpaired) electrons. The summed E-state index contributed by atoms with van der Waals surface area (Å²) < 4.78 is 0. The Morgan fingerprint density at radius 2 is 2.00 bits per heavy atom. The molecule has 0 amide bonds. The molecule has 24 heavy (non-hydrogen) atoms. The van der Waals surface area contributed by atoms with Crippen LogP contribution in [0.3, 0.4) is 0 Å². The van der Waals surface area contributed by atoms with Crippen LogP contribution in [0, 0.1) is 0 Å². The van der Waals surface area contributed by atoms with Crippen LogP contribution in [0.5, 0.6) is 0 Å². The first kappa shape index (κ1) is 17.4. The molecule has 0 aliphatic rings. The van der Waals surface area contributed by atoms with E-state index in [0.717, 1.165) is 34.3 Å². The Labute approximate surface area is 143 Å². The highest BCUT2D eigenvalue weighted by Crippen LogP contribution is 2.20. The third-order valence-corrected chi connectivity index (χ3v) is 3.61. The van der Waals surface area contributed by atoms with Gasteiger partial charge < -0.3 is 0 Å². The van der Waals surface area contributed by atoms with E-state index in [4.69, 9.17) is 0 Å². The van der Waals surface area contributed by atoms with Crippen molar-refractivity contribution in [2.45, 2.75) is 13.3 Å². The predicted octanol–water partition coefficient (Wildman–Crippen LogP) is 5.30. The minimum absolute atomic E-state index is 0.679. The Hall–Kier alpha value is -3.00.